The maximum absolute atomic E-state index is 12.1. The maximum atomic E-state index is 12.1. The molecule has 2 atom stereocenters. The van der Waals surface area contributed by atoms with Crippen molar-refractivity contribution in [3.63, 3.8) is 0 Å². The second kappa shape index (κ2) is 11.6. The number of hydrogen-bond acceptors (Lipinski definition) is 7. The van der Waals surface area contributed by atoms with Crippen molar-refractivity contribution in [1.29, 1.82) is 0 Å². The Hall–Kier alpha value is -0.890. The van der Waals surface area contributed by atoms with E-state index in [1.165, 1.54) is 0 Å². The average molecular weight is 354 g/mol. The number of alkyl halides is 1. The SMILES string of the molecule is CCOC(=O)C(N)(CC[C@@H](CCl)OC(C)OCC)C(=O)OCC. The molecule has 0 spiro atoms. The zero-order valence-corrected chi connectivity index (χ0v) is 15.1. The molecule has 0 amide bonds. The van der Waals surface area contributed by atoms with Crippen LogP contribution in [-0.2, 0) is 28.5 Å². The summed E-state index contributed by atoms with van der Waals surface area (Å²) in [6, 6.07) is 0. The Bertz CT molecular complexity index is 348. The number of carbonyl (C=O) groups is 2. The van der Waals surface area contributed by atoms with Crippen LogP contribution in [-0.4, -0.2) is 55.6 Å². The van der Waals surface area contributed by atoms with E-state index in [1.54, 1.807) is 20.8 Å². The van der Waals surface area contributed by atoms with Gasteiger partial charge in [-0.05, 0) is 40.5 Å². The third-order valence-electron chi connectivity index (χ3n) is 3.10. The van der Waals surface area contributed by atoms with Gasteiger partial charge in [0.15, 0.2) is 6.29 Å². The monoisotopic (exact) mass is 353 g/mol. The van der Waals surface area contributed by atoms with Gasteiger partial charge in [-0.3, -0.25) is 0 Å². The molecule has 0 rings (SSSR count). The van der Waals surface area contributed by atoms with Crippen LogP contribution >= 0.6 is 11.6 Å². The minimum absolute atomic E-state index is 0.000891. The number of esters is 2. The molecule has 0 aliphatic heterocycles. The standard InChI is InChI=1S/C15H28ClNO6/c1-5-20-11(4)23-12(10-16)8-9-15(17,13(18)21-6-2)14(19)22-7-3/h11-12H,5-10,17H2,1-4H3/t11?,12-/m0/s1. The summed E-state index contributed by atoms with van der Waals surface area (Å²) in [5.74, 6) is -1.45. The van der Waals surface area contributed by atoms with Crippen molar-refractivity contribution in [2.45, 2.75) is 58.5 Å². The Labute approximate surface area is 142 Å². The lowest BCUT2D eigenvalue weighted by atomic mass is 9.93. The third kappa shape index (κ3) is 7.48. The van der Waals surface area contributed by atoms with E-state index in [2.05, 4.69) is 0 Å². The van der Waals surface area contributed by atoms with Gasteiger partial charge in [-0.25, -0.2) is 9.59 Å². The van der Waals surface area contributed by atoms with Crippen molar-refractivity contribution >= 4 is 23.5 Å². The smallest absolute Gasteiger partial charge is 0.337 e. The first-order valence-corrected chi connectivity index (χ1v) is 8.35. The molecule has 0 saturated carbocycles. The first kappa shape index (κ1) is 22.1. The van der Waals surface area contributed by atoms with Crippen molar-refractivity contribution in [3.05, 3.63) is 0 Å². The second-order valence-corrected chi connectivity index (χ2v) is 5.19. The molecule has 0 aromatic heterocycles. The van der Waals surface area contributed by atoms with Crippen molar-refractivity contribution in [2.24, 2.45) is 5.73 Å². The molecule has 1 unspecified atom stereocenters. The number of nitrogens with two attached hydrogens (primary N) is 1. The zero-order chi connectivity index (χ0) is 17.9. The molecule has 0 aromatic carbocycles. The van der Waals surface area contributed by atoms with Gasteiger partial charge in [-0.1, -0.05) is 0 Å². The molecule has 136 valence electrons. The van der Waals surface area contributed by atoms with Gasteiger partial charge >= 0.3 is 11.9 Å². The van der Waals surface area contributed by atoms with Crippen LogP contribution < -0.4 is 5.73 Å². The van der Waals surface area contributed by atoms with Gasteiger partial charge in [-0.2, -0.15) is 0 Å². The maximum Gasteiger partial charge on any atom is 0.337 e. The van der Waals surface area contributed by atoms with E-state index in [9.17, 15) is 9.59 Å². The highest BCUT2D eigenvalue weighted by atomic mass is 35.5. The lowest BCUT2D eigenvalue weighted by Crippen LogP contribution is -2.57. The van der Waals surface area contributed by atoms with Gasteiger partial charge in [0.25, 0.3) is 0 Å². The zero-order valence-electron chi connectivity index (χ0n) is 14.3. The molecule has 8 heteroatoms. The highest BCUT2D eigenvalue weighted by molar-refractivity contribution is 6.18. The van der Waals surface area contributed by atoms with E-state index >= 15 is 0 Å². The van der Waals surface area contributed by atoms with E-state index < -0.39 is 29.9 Å². The van der Waals surface area contributed by atoms with Crippen LogP contribution in [0.1, 0.15) is 40.5 Å². The average Bonchev–Trinajstić information content (AvgIpc) is 2.51. The first-order chi connectivity index (χ1) is 10.8. The minimum Gasteiger partial charge on any atom is -0.464 e. The summed E-state index contributed by atoms with van der Waals surface area (Å²) < 4.78 is 20.7. The van der Waals surface area contributed by atoms with Gasteiger partial charge in [0.05, 0.1) is 19.3 Å². The molecule has 23 heavy (non-hydrogen) atoms. The van der Waals surface area contributed by atoms with Crippen molar-refractivity contribution in [1.82, 2.24) is 0 Å². The molecule has 0 heterocycles. The number of halogens is 1. The molecular formula is C15H28ClNO6. The fourth-order valence-corrected chi connectivity index (χ4v) is 2.15. The molecule has 0 bridgehead atoms. The molecule has 7 nitrogen and oxygen atoms in total. The Morgan fingerprint density at radius 1 is 1.09 bits per heavy atom. The summed E-state index contributed by atoms with van der Waals surface area (Å²) >= 11 is 5.87. The van der Waals surface area contributed by atoms with Crippen LogP contribution in [0.4, 0.5) is 0 Å². The van der Waals surface area contributed by atoms with Crippen LogP contribution in [0.5, 0.6) is 0 Å². The van der Waals surface area contributed by atoms with Crippen LogP contribution in [0, 0.1) is 0 Å². The van der Waals surface area contributed by atoms with Crippen molar-refractivity contribution in [2.75, 3.05) is 25.7 Å². The molecule has 0 aliphatic carbocycles. The quantitative estimate of drug-likeness (QED) is 0.246. The van der Waals surface area contributed by atoms with E-state index in [-0.39, 0.29) is 31.9 Å². The predicted molar refractivity (Wildman–Crippen MR) is 86.1 cm³/mol. The van der Waals surface area contributed by atoms with Crippen LogP contribution in [0.15, 0.2) is 0 Å². The van der Waals surface area contributed by atoms with Gasteiger partial charge in [0.2, 0.25) is 5.54 Å². The summed E-state index contributed by atoms with van der Waals surface area (Å²) in [7, 11) is 0. The molecule has 0 saturated heterocycles. The molecule has 0 aliphatic rings. The Balaban J connectivity index is 4.87. The lowest BCUT2D eigenvalue weighted by molar-refractivity contribution is -0.167. The van der Waals surface area contributed by atoms with Gasteiger partial charge in [0, 0.05) is 12.5 Å². The van der Waals surface area contributed by atoms with Crippen molar-refractivity contribution in [3.8, 4) is 0 Å². The number of ether oxygens (including phenoxy) is 4. The second-order valence-electron chi connectivity index (χ2n) is 4.89. The van der Waals surface area contributed by atoms with Crippen LogP contribution in [0.2, 0.25) is 0 Å². The summed E-state index contributed by atoms with van der Waals surface area (Å²) in [6.07, 6.45) is -0.568. The Kier molecular flexibility index (Phi) is 11.2. The fourth-order valence-electron chi connectivity index (χ4n) is 1.92. The summed E-state index contributed by atoms with van der Waals surface area (Å²) in [5, 5.41) is 0. The number of carbonyl (C=O) groups excluding carboxylic acids is 2. The third-order valence-corrected chi connectivity index (χ3v) is 3.44. The molecule has 0 fully saturated rings. The Morgan fingerprint density at radius 3 is 2.00 bits per heavy atom. The topological polar surface area (TPSA) is 97.1 Å². The van der Waals surface area contributed by atoms with E-state index in [4.69, 9.17) is 36.3 Å². The fraction of sp³-hybridized carbons (Fsp3) is 0.867. The predicted octanol–water partition coefficient (Wildman–Crippen LogP) is 1.60. The Morgan fingerprint density at radius 2 is 1.61 bits per heavy atom. The summed E-state index contributed by atoms with van der Waals surface area (Å²) in [6.45, 7) is 7.61. The minimum atomic E-state index is -1.87. The molecule has 2 N–H and O–H groups in total. The molecule has 0 radical (unpaired) electrons. The summed E-state index contributed by atoms with van der Waals surface area (Å²) in [5.41, 5.74) is 4.10. The highest BCUT2D eigenvalue weighted by Crippen LogP contribution is 2.19. The first-order valence-electron chi connectivity index (χ1n) is 7.81. The van der Waals surface area contributed by atoms with E-state index in [0.717, 1.165) is 0 Å². The summed E-state index contributed by atoms with van der Waals surface area (Å²) in [4.78, 5) is 24.1. The van der Waals surface area contributed by atoms with Crippen LogP contribution in [0.25, 0.3) is 0 Å². The van der Waals surface area contributed by atoms with Gasteiger partial charge < -0.3 is 24.7 Å². The van der Waals surface area contributed by atoms with Crippen LogP contribution in [0.3, 0.4) is 0 Å². The highest BCUT2D eigenvalue weighted by Gasteiger charge is 2.45. The van der Waals surface area contributed by atoms with E-state index in [0.29, 0.717) is 6.61 Å². The normalized spacial score (nSPS) is 14.2. The van der Waals surface area contributed by atoms with Gasteiger partial charge in [0.1, 0.15) is 0 Å². The molecular weight excluding hydrogens is 326 g/mol. The number of hydrogen-bond donors (Lipinski definition) is 1. The lowest BCUT2D eigenvalue weighted by Gasteiger charge is -2.27. The van der Waals surface area contributed by atoms with Gasteiger partial charge in [-0.15, -0.1) is 11.6 Å². The molecule has 0 aromatic rings. The van der Waals surface area contributed by atoms with E-state index in [1.807, 2.05) is 6.92 Å². The largest absolute Gasteiger partial charge is 0.464 e. The number of rotatable bonds is 12. The van der Waals surface area contributed by atoms with Crippen molar-refractivity contribution < 1.29 is 28.5 Å².